The predicted octanol–water partition coefficient (Wildman–Crippen LogP) is 1.39. The van der Waals surface area contributed by atoms with Crippen LogP contribution >= 0.6 is 0 Å². The Kier molecular flexibility index (Phi) is 5.36. The Morgan fingerprint density at radius 1 is 1.43 bits per heavy atom. The van der Waals surface area contributed by atoms with E-state index in [4.69, 9.17) is 0 Å². The molecule has 1 fully saturated rings. The minimum Gasteiger partial charge on any atom is -0.346 e. The van der Waals surface area contributed by atoms with Gasteiger partial charge in [0.1, 0.15) is 0 Å². The van der Waals surface area contributed by atoms with Crippen molar-refractivity contribution in [3.63, 3.8) is 0 Å². The molecule has 0 aromatic carbocycles. The Morgan fingerprint density at radius 2 is 2.24 bits per heavy atom. The van der Waals surface area contributed by atoms with Gasteiger partial charge in [-0.05, 0) is 25.3 Å². The average molecular weight is 292 g/mol. The summed E-state index contributed by atoms with van der Waals surface area (Å²) in [5.74, 6) is -0.00506. The van der Waals surface area contributed by atoms with Crippen LogP contribution in [0.25, 0.3) is 0 Å². The van der Waals surface area contributed by atoms with E-state index in [9.17, 15) is 9.59 Å². The molecule has 1 saturated heterocycles. The van der Waals surface area contributed by atoms with Crippen LogP contribution in [0.5, 0.6) is 0 Å². The molecule has 0 aliphatic carbocycles. The summed E-state index contributed by atoms with van der Waals surface area (Å²) < 4.78 is 1.77. The van der Waals surface area contributed by atoms with Crippen molar-refractivity contribution in [2.75, 3.05) is 13.1 Å². The third kappa shape index (κ3) is 4.06. The van der Waals surface area contributed by atoms with Crippen molar-refractivity contribution in [1.29, 1.82) is 0 Å². The number of carbonyl (C=O) groups is 2. The third-order valence-corrected chi connectivity index (χ3v) is 3.97. The second-order valence-electron chi connectivity index (χ2n) is 5.53. The van der Waals surface area contributed by atoms with Crippen molar-refractivity contribution in [2.45, 2.75) is 45.1 Å². The van der Waals surface area contributed by atoms with E-state index in [0.717, 1.165) is 31.4 Å². The molecule has 1 aromatic heterocycles. The number of aryl methyl sites for hydroxylation is 1. The number of hydrogen-bond acceptors (Lipinski definition) is 3. The standard InChI is InChI=1S/C15H24N4O2/c1-3-12(13-8-9-16-18(13)2)17-14(20)11-19-10-6-4-5-7-15(19)21/h8-9,12H,3-7,10-11H2,1-2H3,(H,17,20)/t12-/m0/s1. The Morgan fingerprint density at radius 3 is 2.90 bits per heavy atom. The molecule has 1 aliphatic heterocycles. The molecule has 6 nitrogen and oxygen atoms in total. The summed E-state index contributed by atoms with van der Waals surface area (Å²) in [7, 11) is 1.86. The summed E-state index contributed by atoms with van der Waals surface area (Å²) in [4.78, 5) is 25.8. The molecule has 0 bridgehead atoms. The van der Waals surface area contributed by atoms with E-state index in [1.807, 2.05) is 20.0 Å². The molecule has 2 heterocycles. The number of amides is 2. The molecule has 1 atom stereocenters. The molecule has 1 aromatic rings. The second kappa shape index (κ2) is 7.24. The van der Waals surface area contributed by atoms with Crippen molar-refractivity contribution in [1.82, 2.24) is 20.0 Å². The van der Waals surface area contributed by atoms with E-state index in [-0.39, 0.29) is 24.4 Å². The Labute approximate surface area is 125 Å². The Balaban J connectivity index is 1.93. The number of hydrogen-bond donors (Lipinski definition) is 1. The molecule has 2 rings (SSSR count). The van der Waals surface area contributed by atoms with Crippen molar-refractivity contribution in [2.24, 2.45) is 7.05 Å². The van der Waals surface area contributed by atoms with Crippen LogP contribution in [0, 0.1) is 0 Å². The van der Waals surface area contributed by atoms with E-state index >= 15 is 0 Å². The van der Waals surface area contributed by atoms with Gasteiger partial charge in [-0.25, -0.2) is 0 Å². The van der Waals surface area contributed by atoms with Crippen LogP contribution in [-0.2, 0) is 16.6 Å². The summed E-state index contributed by atoms with van der Waals surface area (Å²) in [5, 5.41) is 7.14. The predicted molar refractivity (Wildman–Crippen MR) is 79.4 cm³/mol. The SMILES string of the molecule is CC[C@H](NC(=O)CN1CCCCCC1=O)c1ccnn1C. The number of nitrogens with zero attached hydrogens (tertiary/aromatic N) is 3. The van der Waals surface area contributed by atoms with Crippen LogP contribution in [0.2, 0.25) is 0 Å². The van der Waals surface area contributed by atoms with Gasteiger partial charge in [-0.15, -0.1) is 0 Å². The molecule has 1 aliphatic rings. The van der Waals surface area contributed by atoms with E-state index in [0.29, 0.717) is 13.0 Å². The van der Waals surface area contributed by atoms with Crippen LogP contribution in [0.15, 0.2) is 12.3 Å². The third-order valence-electron chi connectivity index (χ3n) is 3.97. The van der Waals surface area contributed by atoms with Gasteiger partial charge in [0, 0.05) is 26.2 Å². The number of likely N-dealkylation sites (tertiary alicyclic amines) is 1. The zero-order valence-electron chi connectivity index (χ0n) is 12.8. The largest absolute Gasteiger partial charge is 0.346 e. The first-order valence-corrected chi connectivity index (χ1v) is 7.67. The first-order valence-electron chi connectivity index (χ1n) is 7.67. The molecule has 0 unspecified atom stereocenters. The van der Waals surface area contributed by atoms with E-state index < -0.39 is 0 Å². The highest BCUT2D eigenvalue weighted by Crippen LogP contribution is 2.15. The fourth-order valence-electron chi connectivity index (χ4n) is 2.73. The first kappa shape index (κ1) is 15.5. The normalized spacial score (nSPS) is 17.4. The Bertz CT molecular complexity index is 498. The molecule has 1 N–H and O–H groups in total. The van der Waals surface area contributed by atoms with Gasteiger partial charge in [0.05, 0.1) is 18.3 Å². The van der Waals surface area contributed by atoms with Crippen LogP contribution in [0.1, 0.15) is 50.8 Å². The highest BCUT2D eigenvalue weighted by molar-refractivity contribution is 5.85. The summed E-state index contributed by atoms with van der Waals surface area (Å²) in [6.45, 7) is 2.87. The van der Waals surface area contributed by atoms with E-state index in [1.54, 1.807) is 15.8 Å². The maximum absolute atomic E-state index is 12.2. The zero-order valence-corrected chi connectivity index (χ0v) is 12.8. The lowest BCUT2D eigenvalue weighted by Crippen LogP contribution is -2.41. The fourth-order valence-corrected chi connectivity index (χ4v) is 2.73. The van der Waals surface area contributed by atoms with Crippen LogP contribution < -0.4 is 5.32 Å². The quantitative estimate of drug-likeness (QED) is 0.892. The lowest BCUT2D eigenvalue weighted by atomic mass is 10.1. The molecule has 116 valence electrons. The Hall–Kier alpha value is -1.85. The first-order chi connectivity index (χ1) is 10.1. The maximum Gasteiger partial charge on any atom is 0.240 e. The molecule has 6 heteroatoms. The highest BCUT2D eigenvalue weighted by Gasteiger charge is 2.21. The minimum absolute atomic E-state index is 0.0629. The summed E-state index contributed by atoms with van der Waals surface area (Å²) in [5.41, 5.74) is 0.980. The van der Waals surface area contributed by atoms with Crippen molar-refractivity contribution in [3.8, 4) is 0 Å². The molecule has 21 heavy (non-hydrogen) atoms. The minimum atomic E-state index is -0.0988. The van der Waals surface area contributed by atoms with Gasteiger partial charge in [-0.2, -0.15) is 5.10 Å². The maximum atomic E-state index is 12.2. The van der Waals surface area contributed by atoms with Gasteiger partial charge < -0.3 is 10.2 Å². The van der Waals surface area contributed by atoms with Gasteiger partial charge in [-0.3, -0.25) is 14.3 Å². The van der Waals surface area contributed by atoms with Crippen LogP contribution in [0.3, 0.4) is 0 Å². The molecular weight excluding hydrogens is 268 g/mol. The molecule has 0 saturated carbocycles. The monoisotopic (exact) mass is 292 g/mol. The number of nitrogens with one attached hydrogen (secondary N) is 1. The van der Waals surface area contributed by atoms with Gasteiger partial charge >= 0.3 is 0 Å². The van der Waals surface area contributed by atoms with E-state index in [2.05, 4.69) is 10.4 Å². The topological polar surface area (TPSA) is 67.2 Å². The number of carbonyl (C=O) groups excluding carboxylic acids is 2. The summed E-state index contributed by atoms with van der Waals surface area (Å²) in [6.07, 6.45) is 6.06. The average Bonchev–Trinajstić information content (AvgIpc) is 2.78. The van der Waals surface area contributed by atoms with Crippen LogP contribution in [-0.4, -0.2) is 39.6 Å². The lowest BCUT2D eigenvalue weighted by molar-refractivity contribution is -0.135. The smallest absolute Gasteiger partial charge is 0.240 e. The summed E-state index contributed by atoms with van der Waals surface area (Å²) >= 11 is 0. The highest BCUT2D eigenvalue weighted by atomic mass is 16.2. The lowest BCUT2D eigenvalue weighted by Gasteiger charge is -2.22. The van der Waals surface area contributed by atoms with Crippen molar-refractivity contribution < 1.29 is 9.59 Å². The molecule has 0 spiro atoms. The van der Waals surface area contributed by atoms with Crippen molar-refractivity contribution in [3.05, 3.63) is 18.0 Å². The molecule has 2 amide bonds. The van der Waals surface area contributed by atoms with Gasteiger partial charge in [0.2, 0.25) is 11.8 Å². The number of aromatic nitrogens is 2. The second-order valence-corrected chi connectivity index (χ2v) is 5.53. The molecule has 0 radical (unpaired) electrons. The summed E-state index contributed by atoms with van der Waals surface area (Å²) in [6, 6.07) is 1.85. The zero-order chi connectivity index (χ0) is 15.2. The van der Waals surface area contributed by atoms with Crippen molar-refractivity contribution >= 4 is 11.8 Å². The number of rotatable bonds is 5. The molecular formula is C15H24N4O2. The van der Waals surface area contributed by atoms with Crippen LogP contribution in [0.4, 0.5) is 0 Å². The van der Waals surface area contributed by atoms with Gasteiger partial charge in [0.25, 0.3) is 0 Å². The van der Waals surface area contributed by atoms with E-state index in [1.165, 1.54) is 0 Å². The fraction of sp³-hybridized carbons (Fsp3) is 0.667. The van der Waals surface area contributed by atoms with Gasteiger partial charge in [0.15, 0.2) is 0 Å². The van der Waals surface area contributed by atoms with Gasteiger partial charge in [-0.1, -0.05) is 13.3 Å².